The molecule has 0 aromatic carbocycles. The van der Waals surface area contributed by atoms with E-state index in [1.54, 1.807) is 0 Å². The second kappa shape index (κ2) is 18.9. The Bertz CT molecular complexity index is 404. The minimum Gasteiger partial charge on any atom is -0.463 e. The van der Waals surface area contributed by atoms with Gasteiger partial charge in [0.1, 0.15) is 0 Å². The summed E-state index contributed by atoms with van der Waals surface area (Å²) in [6, 6.07) is 0. The molecule has 29 heavy (non-hydrogen) atoms. The predicted octanol–water partition coefficient (Wildman–Crippen LogP) is 7.38. The van der Waals surface area contributed by atoms with E-state index in [0.29, 0.717) is 6.42 Å². The first kappa shape index (κ1) is 27.9. The molecular formula is C25H48O4. The van der Waals surface area contributed by atoms with Gasteiger partial charge in [-0.3, -0.25) is 9.59 Å². The van der Waals surface area contributed by atoms with Gasteiger partial charge in [0.2, 0.25) is 0 Å². The molecule has 0 amide bonds. The lowest BCUT2D eigenvalue weighted by Gasteiger charge is -2.13. The number of ether oxygens (including phenoxy) is 2. The third-order valence-corrected chi connectivity index (χ3v) is 5.14. The molecular weight excluding hydrogens is 364 g/mol. The number of hydrogen-bond acceptors (Lipinski definition) is 4. The van der Waals surface area contributed by atoms with E-state index in [0.717, 1.165) is 25.7 Å². The number of unbranched alkanes of at least 4 members (excludes halogenated alkanes) is 12. The highest BCUT2D eigenvalue weighted by molar-refractivity contribution is 5.72. The zero-order valence-corrected chi connectivity index (χ0v) is 20.0. The van der Waals surface area contributed by atoms with E-state index >= 15 is 0 Å². The molecule has 172 valence electrons. The summed E-state index contributed by atoms with van der Waals surface area (Å²) in [7, 11) is 0. The molecule has 0 spiro atoms. The van der Waals surface area contributed by atoms with E-state index in [4.69, 9.17) is 9.47 Å². The van der Waals surface area contributed by atoms with Crippen molar-refractivity contribution >= 4 is 11.9 Å². The van der Waals surface area contributed by atoms with Gasteiger partial charge >= 0.3 is 11.9 Å². The van der Waals surface area contributed by atoms with E-state index in [-0.39, 0.29) is 30.1 Å². The molecule has 0 radical (unpaired) electrons. The first-order chi connectivity index (χ1) is 13.8. The number of carbonyl (C=O) groups is 2. The molecule has 4 heteroatoms. The van der Waals surface area contributed by atoms with Gasteiger partial charge in [0.25, 0.3) is 0 Å². The number of hydrogen-bond donors (Lipinski definition) is 0. The summed E-state index contributed by atoms with van der Waals surface area (Å²) in [6.07, 6.45) is 17.8. The highest BCUT2D eigenvalue weighted by Gasteiger charge is 2.14. The van der Waals surface area contributed by atoms with Crippen LogP contribution in [-0.4, -0.2) is 24.1 Å². The van der Waals surface area contributed by atoms with Crippen molar-refractivity contribution in [1.82, 2.24) is 0 Å². The standard InChI is InChI=1S/C25H48O4/c1-21(2)28-24(26)20-18-16-14-12-10-8-6-7-9-11-13-15-17-19-23(5)25(27)29-22(3)4/h21-23H,6-20H2,1-5H3. The maximum Gasteiger partial charge on any atom is 0.308 e. The lowest BCUT2D eigenvalue weighted by Crippen LogP contribution is -2.18. The Hall–Kier alpha value is -1.06. The maximum absolute atomic E-state index is 11.7. The van der Waals surface area contributed by atoms with E-state index in [1.807, 2.05) is 34.6 Å². The summed E-state index contributed by atoms with van der Waals surface area (Å²) < 4.78 is 10.4. The summed E-state index contributed by atoms with van der Waals surface area (Å²) in [5.74, 6) is -0.0666. The SMILES string of the molecule is CC(C)OC(=O)CCCCCCCCCCCCCCCC(C)C(=O)OC(C)C. The largest absolute Gasteiger partial charge is 0.463 e. The van der Waals surface area contributed by atoms with Gasteiger partial charge < -0.3 is 9.47 Å². The molecule has 0 aromatic heterocycles. The second-order valence-electron chi connectivity index (χ2n) is 9.06. The highest BCUT2D eigenvalue weighted by Crippen LogP contribution is 2.16. The minimum atomic E-state index is -0.0526. The van der Waals surface area contributed by atoms with Crippen LogP contribution in [0, 0.1) is 5.92 Å². The van der Waals surface area contributed by atoms with E-state index in [9.17, 15) is 9.59 Å². The first-order valence-corrected chi connectivity index (χ1v) is 12.2. The van der Waals surface area contributed by atoms with Crippen molar-refractivity contribution in [3.8, 4) is 0 Å². The van der Waals surface area contributed by atoms with Gasteiger partial charge in [0.05, 0.1) is 18.1 Å². The van der Waals surface area contributed by atoms with Crippen LogP contribution in [0.4, 0.5) is 0 Å². The summed E-state index contributed by atoms with van der Waals surface area (Å²) in [6.45, 7) is 9.57. The van der Waals surface area contributed by atoms with E-state index in [2.05, 4.69) is 0 Å². The highest BCUT2D eigenvalue weighted by atomic mass is 16.5. The lowest BCUT2D eigenvalue weighted by atomic mass is 10.0. The molecule has 0 aromatic rings. The Balaban J connectivity index is 3.26. The third-order valence-electron chi connectivity index (χ3n) is 5.14. The Kier molecular flexibility index (Phi) is 18.2. The van der Waals surface area contributed by atoms with Crippen molar-refractivity contribution in [3.05, 3.63) is 0 Å². The summed E-state index contributed by atoms with van der Waals surface area (Å²) >= 11 is 0. The molecule has 4 nitrogen and oxygen atoms in total. The Morgan fingerprint density at radius 1 is 0.552 bits per heavy atom. The zero-order chi connectivity index (χ0) is 21.9. The van der Waals surface area contributed by atoms with E-state index in [1.165, 1.54) is 64.2 Å². The molecule has 0 saturated carbocycles. The van der Waals surface area contributed by atoms with Crippen molar-refractivity contribution in [2.75, 3.05) is 0 Å². The molecule has 0 N–H and O–H groups in total. The average molecular weight is 413 g/mol. The maximum atomic E-state index is 11.7. The first-order valence-electron chi connectivity index (χ1n) is 12.2. The van der Waals surface area contributed by atoms with Crippen molar-refractivity contribution in [2.45, 2.75) is 143 Å². The molecule has 1 unspecified atom stereocenters. The van der Waals surface area contributed by atoms with Crippen LogP contribution in [0.25, 0.3) is 0 Å². The van der Waals surface area contributed by atoms with Crippen LogP contribution in [0.15, 0.2) is 0 Å². The molecule has 0 bridgehead atoms. The van der Waals surface area contributed by atoms with Crippen LogP contribution < -0.4 is 0 Å². The van der Waals surface area contributed by atoms with Crippen LogP contribution in [0.5, 0.6) is 0 Å². The van der Waals surface area contributed by atoms with Gasteiger partial charge in [0.15, 0.2) is 0 Å². The van der Waals surface area contributed by atoms with Crippen LogP contribution in [-0.2, 0) is 19.1 Å². The second-order valence-corrected chi connectivity index (χ2v) is 9.06. The fourth-order valence-electron chi connectivity index (χ4n) is 3.45. The minimum absolute atomic E-state index is 0.00605. The van der Waals surface area contributed by atoms with Crippen molar-refractivity contribution in [3.63, 3.8) is 0 Å². The van der Waals surface area contributed by atoms with Gasteiger partial charge in [-0.2, -0.15) is 0 Å². The quantitative estimate of drug-likeness (QED) is 0.164. The summed E-state index contributed by atoms with van der Waals surface area (Å²) in [5, 5.41) is 0. The average Bonchev–Trinajstić information content (AvgIpc) is 2.63. The Labute approximate surface area is 180 Å². The topological polar surface area (TPSA) is 52.6 Å². The fourth-order valence-corrected chi connectivity index (χ4v) is 3.45. The van der Waals surface area contributed by atoms with Crippen LogP contribution >= 0.6 is 0 Å². The van der Waals surface area contributed by atoms with Crippen molar-refractivity contribution in [2.24, 2.45) is 5.92 Å². The van der Waals surface area contributed by atoms with E-state index < -0.39 is 0 Å². The third kappa shape index (κ3) is 20.0. The Morgan fingerprint density at radius 3 is 1.34 bits per heavy atom. The van der Waals surface area contributed by atoms with Gasteiger partial charge in [-0.1, -0.05) is 84.0 Å². The molecule has 0 aliphatic carbocycles. The monoisotopic (exact) mass is 412 g/mol. The molecule has 0 saturated heterocycles. The van der Waals surface area contributed by atoms with Gasteiger partial charge in [-0.05, 0) is 40.5 Å². The van der Waals surface area contributed by atoms with Gasteiger partial charge in [-0.25, -0.2) is 0 Å². The normalized spacial score (nSPS) is 12.4. The number of carbonyl (C=O) groups excluding carboxylic acids is 2. The van der Waals surface area contributed by atoms with Crippen LogP contribution in [0.1, 0.15) is 131 Å². The Morgan fingerprint density at radius 2 is 0.931 bits per heavy atom. The van der Waals surface area contributed by atoms with Crippen molar-refractivity contribution in [1.29, 1.82) is 0 Å². The predicted molar refractivity (Wildman–Crippen MR) is 121 cm³/mol. The zero-order valence-electron chi connectivity index (χ0n) is 20.0. The summed E-state index contributed by atoms with van der Waals surface area (Å²) in [5.41, 5.74) is 0. The molecule has 0 rings (SSSR count). The smallest absolute Gasteiger partial charge is 0.308 e. The van der Waals surface area contributed by atoms with Gasteiger partial charge in [0, 0.05) is 6.42 Å². The number of rotatable bonds is 19. The number of esters is 2. The lowest BCUT2D eigenvalue weighted by molar-refractivity contribution is -0.152. The van der Waals surface area contributed by atoms with Crippen LogP contribution in [0.3, 0.4) is 0 Å². The van der Waals surface area contributed by atoms with Crippen molar-refractivity contribution < 1.29 is 19.1 Å². The molecule has 1 atom stereocenters. The molecule has 0 aliphatic rings. The molecule has 0 fully saturated rings. The van der Waals surface area contributed by atoms with Gasteiger partial charge in [-0.15, -0.1) is 0 Å². The summed E-state index contributed by atoms with van der Waals surface area (Å²) in [4.78, 5) is 23.2. The molecule has 0 heterocycles. The van der Waals surface area contributed by atoms with Crippen LogP contribution in [0.2, 0.25) is 0 Å². The molecule has 0 aliphatic heterocycles. The fraction of sp³-hybridized carbons (Fsp3) is 0.920.